The van der Waals surface area contributed by atoms with Gasteiger partial charge in [0.15, 0.2) is 0 Å². The summed E-state index contributed by atoms with van der Waals surface area (Å²) in [6.45, 7) is 0.540. The molecule has 6 nitrogen and oxygen atoms in total. The molecule has 0 unspecified atom stereocenters. The molecular formula is C16H18N2O4. The number of carbonyl (C=O) groups is 3. The summed E-state index contributed by atoms with van der Waals surface area (Å²) in [6.07, 6.45) is 4.44. The molecule has 2 N–H and O–H groups in total. The number of esters is 1. The minimum absolute atomic E-state index is 0.238. The molecule has 2 rings (SSSR count). The number of rotatable bonds is 4. The fourth-order valence-corrected chi connectivity index (χ4v) is 2.44. The average molecular weight is 302 g/mol. The van der Waals surface area contributed by atoms with Crippen molar-refractivity contribution in [1.82, 2.24) is 4.90 Å². The van der Waals surface area contributed by atoms with E-state index in [-0.39, 0.29) is 5.91 Å². The number of hydrogen-bond donors (Lipinski definition) is 1. The third-order valence-electron chi connectivity index (χ3n) is 3.61. The minimum atomic E-state index is -0.515. The van der Waals surface area contributed by atoms with Crippen molar-refractivity contribution in [3.63, 3.8) is 0 Å². The Hall–Kier alpha value is -2.63. The van der Waals surface area contributed by atoms with Crippen molar-refractivity contribution in [3.8, 4) is 0 Å². The van der Waals surface area contributed by atoms with E-state index in [9.17, 15) is 14.4 Å². The van der Waals surface area contributed by atoms with Gasteiger partial charge >= 0.3 is 5.97 Å². The summed E-state index contributed by atoms with van der Waals surface area (Å²) in [7, 11) is 1.32. The Bertz CT molecular complexity index is 607. The fraction of sp³-hybridized carbons (Fsp3) is 0.312. The first-order valence-electron chi connectivity index (χ1n) is 6.99. The van der Waals surface area contributed by atoms with Crippen molar-refractivity contribution in [3.05, 3.63) is 41.5 Å². The lowest BCUT2D eigenvalue weighted by Gasteiger charge is -2.20. The van der Waals surface area contributed by atoms with Gasteiger partial charge in [0.2, 0.25) is 11.8 Å². The first-order valence-corrected chi connectivity index (χ1v) is 6.99. The highest BCUT2D eigenvalue weighted by Gasteiger charge is 2.31. The van der Waals surface area contributed by atoms with Crippen molar-refractivity contribution in [2.24, 2.45) is 5.73 Å². The largest absolute Gasteiger partial charge is 0.465 e. The molecule has 1 atom stereocenters. The lowest BCUT2D eigenvalue weighted by atomic mass is 10.1. The molecule has 0 aliphatic carbocycles. The van der Waals surface area contributed by atoms with Crippen LogP contribution in [-0.4, -0.2) is 42.4 Å². The number of benzene rings is 1. The summed E-state index contributed by atoms with van der Waals surface area (Å²) in [4.78, 5) is 36.2. The molecule has 1 aromatic carbocycles. The van der Waals surface area contributed by atoms with Crippen LogP contribution in [0.4, 0.5) is 0 Å². The number of likely N-dealkylation sites (tertiary alicyclic amines) is 1. The van der Waals surface area contributed by atoms with Gasteiger partial charge in [-0.25, -0.2) is 4.79 Å². The standard InChI is InChI=1S/C16H18N2O4/c1-22-16(21)12-7-4-11(5-8-12)6-9-14(19)18-10-2-3-13(18)15(17)20/h4-9,13H,2-3,10H2,1H3,(H2,17,20)/b9-6-/t13-/m1/s1. The number of carbonyl (C=O) groups excluding carboxylic acids is 3. The second-order valence-corrected chi connectivity index (χ2v) is 5.04. The second kappa shape index (κ2) is 6.89. The summed E-state index contributed by atoms with van der Waals surface area (Å²) in [5.74, 6) is -1.12. The topological polar surface area (TPSA) is 89.7 Å². The Balaban J connectivity index is 2.03. The van der Waals surface area contributed by atoms with E-state index in [2.05, 4.69) is 4.74 Å². The SMILES string of the molecule is COC(=O)c1ccc(/C=C\C(=O)N2CCC[C@@H]2C(N)=O)cc1. The van der Waals surface area contributed by atoms with Crippen LogP contribution < -0.4 is 5.73 Å². The van der Waals surface area contributed by atoms with Crippen LogP contribution in [0.2, 0.25) is 0 Å². The number of ether oxygens (including phenoxy) is 1. The van der Waals surface area contributed by atoms with Crippen molar-refractivity contribution in [1.29, 1.82) is 0 Å². The van der Waals surface area contributed by atoms with E-state index in [0.29, 0.717) is 18.5 Å². The van der Waals surface area contributed by atoms with E-state index in [1.54, 1.807) is 30.3 Å². The molecule has 0 saturated carbocycles. The van der Waals surface area contributed by atoms with E-state index in [1.807, 2.05) is 0 Å². The second-order valence-electron chi connectivity index (χ2n) is 5.04. The van der Waals surface area contributed by atoms with E-state index in [0.717, 1.165) is 12.0 Å². The maximum Gasteiger partial charge on any atom is 0.337 e. The molecule has 116 valence electrons. The molecule has 1 heterocycles. The van der Waals surface area contributed by atoms with Crippen LogP contribution >= 0.6 is 0 Å². The summed E-state index contributed by atoms with van der Waals surface area (Å²) in [6, 6.07) is 6.16. The predicted octanol–water partition coefficient (Wildman–Crippen LogP) is 0.963. The summed E-state index contributed by atoms with van der Waals surface area (Å²) >= 11 is 0. The van der Waals surface area contributed by atoms with Crippen LogP contribution in [0.25, 0.3) is 6.08 Å². The van der Waals surface area contributed by atoms with E-state index in [4.69, 9.17) is 5.73 Å². The summed E-state index contributed by atoms with van der Waals surface area (Å²) in [5.41, 5.74) is 6.51. The van der Waals surface area contributed by atoms with Crippen molar-refractivity contribution >= 4 is 23.9 Å². The molecule has 1 saturated heterocycles. The molecule has 6 heteroatoms. The molecule has 0 radical (unpaired) electrons. The predicted molar refractivity (Wildman–Crippen MR) is 80.7 cm³/mol. The zero-order chi connectivity index (χ0) is 16.1. The van der Waals surface area contributed by atoms with Crippen LogP contribution in [-0.2, 0) is 14.3 Å². The van der Waals surface area contributed by atoms with Gasteiger partial charge < -0.3 is 15.4 Å². The van der Waals surface area contributed by atoms with Gasteiger partial charge in [-0.1, -0.05) is 12.1 Å². The van der Waals surface area contributed by atoms with Gasteiger partial charge in [0.05, 0.1) is 12.7 Å². The van der Waals surface area contributed by atoms with Crippen molar-refractivity contribution in [2.45, 2.75) is 18.9 Å². The van der Waals surface area contributed by atoms with Gasteiger partial charge in [-0.3, -0.25) is 9.59 Å². The Morgan fingerprint density at radius 2 is 1.95 bits per heavy atom. The maximum absolute atomic E-state index is 12.1. The highest BCUT2D eigenvalue weighted by atomic mass is 16.5. The molecule has 1 aliphatic rings. The fourth-order valence-electron chi connectivity index (χ4n) is 2.44. The van der Waals surface area contributed by atoms with Crippen LogP contribution in [0.3, 0.4) is 0 Å². The molecule has 22 heavy (non-hydrogen) atoms. The van der Waals surface area contributed by atoms with Gasteiger partial charge in [-0.15, -0.1) is 0 Å². The van der Waals surface area contributed by atoms with Crippen LogP contribution in [0, 0.1) is 0 Å². The number of nitrogens with zero attached hydrogens (tertiary/aromatic N) is 1. The Kier molecular flexibility index (Phi) is 4.93. The van der Waals surface area contributed by atoms with E-state index < -0.39 is 17.9 Å². The third kappa shape index (κ3) is 3.52. The van der Waals surface area contributed by atoms with E-state index in [1.165, 1.54) is 18.1 Å². The van der Waals surface area contributed by atoms with Crippen molar-refractivity contribution in [2.75, 3.05) is 13.7 Å². The number of hydrogen-bond acceptors (Lipinski definition) is 4. The highest BCUT2D eigenvalue weighted by Crippen LogP contribution is 2.17. The van der Waals surface area contributed by atoms with Gasteiger partial charge in [-0.2, -0.15) is 0 Å². The van der Waals surface area contributed by atoms with Crippen LogP contribution in [0.15, 0.2) is 30.3 Å². The van der Waals surface area contributed by atoms with Crippen LogP contribution in [0.5, 0.6) is 0 Å². The number of primary amides is 1. The zero-order valence-corrected chi connectivity index (χ0v) is 12.3. The van der Waals surface area contributed by atoms with Gasteiger partial charge in [0, 0.05) is 12.6 Å². The molecule has 1 aliphatic heterocycles. The minimum Gasteiger partial charge on any atom is -0.465 e. The van der Waals surface area contributed by atoms with Gasteiger partial charge in [-0.05, 0) is 36.6 Å². The lowest BCUT2D eigenvalue weighted by molar-refractivity contribution is -0.133. The van der Waals surface area contributed by atoms with Gasteiger partial charge in [0.25, 0.3) is 0 Å². The normalized spacial score (nSPS) is 17.7. The van der Waals surface area contributed by atoms with Crippen LogP contribution in [0.1, 0.15) is 28.8 Å². The monoisotopic (exact) mass is 302 g/mol. The van der Waals surface area contributed by atoms with E-state index >= 15 is 0 Å². The first kappa shape index (κ1) is 15.8. The molecular weight excluding hydrogens is 284 g/mol. The maximum atomic E-state index is 12.1. The average Bonchev–Trinajstić information content (AvgIpc) is 3.02. The smallest absolute Gasteiger partial charge is 0.337 e. The number of methoxy groups -OCH3 is 1. The summed E-state index contributed by atoms with van der Waals surface area (Å²) in [5, 5.41) is 0. The molecule has 1 aromatic rings. The highest BCUT2D eigenvalue weighted by molar-refractivity contribution is 5.96. The molecule has 0 spiro atoms. The Morgan fingerprint density at radius 1 is 1.27 bits per heavy atom. The zero-order valence-electron chi connectivity index (χ0n) is 12.3. The quantitative estimate of drug-likeness (QED) is 0.662. The molecule has 2 amide bonds. The summed E-state index contributed by atoms with van der Waals surface area (Å²) < 4.78 is 4.61. The van der Waals surface area contributed by atoms with Gasteiger partial charge in [0.1, 0.15) is 6.04 Å². The Labute approximate surface area is 128 Å². The lowest BCUT2D eigenvalue weighted by Crippen LogP contribution is -2.42. The number of amides is 2. The molecule has 0 aromatic heterocycles. The third-order valence-corrected chi connectivity index (χ3v) is 3.61. The molecule has 1 fully saturated rings. The van der Waals surface area contributed by atoms with Crippen molar-refractivity contribution < 1.29 is 19.1 Å². The molecule has 0 bridgehead atoms. The first-order chi connectivity index (χ1) is 10.5. The Morgan fingerprint density at radius 3 is 2.55 bits per heavy atom. The number of nitrogens with two attached hydrogens (primary N) is 1.